The topological polar surface area (TPSA) is 9.86 Å². The maximum absolute atomic E-state index is 16.4. The van der Waals surface area contributed by atoms with Crippen molar-refractivity contribution in [3.05, 3.63) is 181 Å². The molecule has 0 unspecified atom stereocenters. The molecule has 0 aliphatic heterocycles. The first-order valence-electron chi connectivity index (χ1n) is 20.5. The van der Waals surface area contributed by atoms with Crippen LogP contribution in [0.2, 0.25) is 0 Å². The first-order valence-corrected chi connectivity index (χ1v) is 20.5. The number of rotatable bonds is 2. The fourth-order valence-corrected chi connectivity index (χ4v) is 11.7. The van der Waals surface area contributed by atoms with Crippen LogP contribution in [0.1, 0.15) is 0 Å². The summed E-state index contributed by atoms with van der Waals surface area (Å²) in [6, 6.07) is 58.8. The highest BCUT2D eigenvalue weighted by atomic mass is 19.1. The minimum Gasteiger partial charge on any atom is -0.309 e. The van der Waals surface area contributed by atoms with Crippen LogP contribution >= 0.6 is 0 Å². The number of benzene rings is 11. The Labute approximate surface area is 340 Å². The SMILES string of the molecule is Fc1cccc2c1-c1ccc3c4c(-n5c6ccccc6c6ccccc65)cc5c6c(ccc(c7c(-n8c9ccccc9c9ccccc98)cc-2c1c37)c64)-c1cccc(F)c1-5. The Morgan fingerprint density at radius 2 is 0.667 bits per heavy atom. The Bertz CT molecular complexity index is 4010. The molecule has 15 rings (SSSR count). The van der Waals surface area contributed by atoms with Crippen molar-refractivity contribution in [3.63, 3.8) is 0 Å². The van der Waals surface area contributed by atoms with Crippen LogP contribution in [0, 0.1) is 11.6 Å². The maximum Gasteiger partial charge on any atom is 0.131 e. The van der Waals surface area contributed by atoms with Crippen molar-refractivity contribution in [2.45, 2.75) is 0 Å². The molecule has 2 aliphatic rings. The smallest absolute Gasteiger partial charge is 0.131 e. The van der Waals surface area contributed by atoms with Gasteiger partial charge in [-0.05, 0) is 103 Å². The Morgan fingerprint density at radius 3 is 1.17 bits per heavy atom. The Hall–Kier alpha value is -7.82. The largest absolute Gasteiger partial charge is 0.309 e. The van der Waals surface area contributed by atoms with Gasteiger partial charge in [-0.15, -0.1) is 0 Å². The predicted octanol–water partition coefficient (Wildman–Crippen LogP) is 15.5. The number of fused-ring (bicyclic) bond motifs is 14. The van der Waals surface area contributed by atoms with Gasteiger partial charge in [0.2, 0.25) is 0 Å². The van der Waals surface area contributed by atoms with Crippen molar-refractivity contribution in [1.29, 1.82) is 0 Å². The molecular formula is C56H28F2N2. The lowest BCUT2D eigenvalue weighted by atomic mass is 9.84. The summed E-state index contributed by atoms with van der Waals surface area (Å²) in [7, 11) is 0. The second kappa shape index (κ2) is 10.6. The molecule has 2 heterocycles. The van der Waals surface area contributed by atoms with Crippen LogP contribution in [0.3, 0.4) is 0 Å². The van der Waals surface area contributed by atoms with Gasteiger partial charge in [-0.3, -0.25) is 0 Å². The van der Waals surface area contributed by atoms with Crippen LogP contribution < -0.4 is 0 Å². The zero-order valence-corrected chi connectivity index (χ0v) is 31.8. The zero-order valence-electron chi connectivity index (χ0n) is 31.8. The van der Waals surface area contributed by atoms with Crippen LogP contribution in [0.4, 0.5) is 8.78 Å². The molecule has 2 aliphatic carbocycles. The third kappa shape index (κ3) is 3.50. The highest BCUT2D eigenvalue weighted by Crippen LogP contribution is 2.59. The summed E-state index contributed by atoms with van der Waals surface area (Å²) in [5, 5.41) is 13.4. The molecule has 0 amide bonds. The highest BCUT2D eigenvalue weighted by molar-refractivity contribution is 6.43. The number of para-hydroxylation sites is 4. The fourth-order valence-electron chi connectivity index (χ4n) is 11.7. The molecule has 13 aromatic rings. The number of hydrogen-bond acceptors (Lipinski definition) is 0. The van der Waals surface area contributed by atoms with E-state index in [2.05, 4.69) is 155 Å². The molecule has 0 bridgehead atoms. The molecule has 60 heavy (non-hydrogen) atoms. The first-order chi connectivity index (χ1) is 29.7. The Kier molecular flexibility index (Phi) is 5.52. The maximum atomic E-state index is 16.4. The Balaban J connectivity index is 1.25. The fraction of sp³-hybridized carbons (Fsp3) is 0. The van der Waals surface area contributed by atoms with Gasteiger partial charge in [-0.25, -0.2) is 8.78 Å². The molecule has 0 spiro atoms. The molecule has 0 radical (unpaired) electrons. The molecule has 0 N–H and O–H groups in total. The van der Waals surface area contributed by atoms with E-state index in [1.165, 1.54) is 10.8 Å². The van der Waals surface area contributed by atoms with E-state index in [0.717, 1.165) is 121 Å². The van der Waals surface area contributed by atoms with Gasteiger partial charge in [0.15, 0.2) is 0 Å². The van der Waals surface area contributed by atoms with E-state index in [9.17, 15) is 0 Å². The molecule has 0 saturated heterocycles. The average Bonchev–Trinajstić information content (AvgIpc) is 4.01. The molecule has 0 saturated carbocycles. The van der Waals surface area contributed by atoms with Gasteiger partial charge in [-0.1, -0.05) is 121 Å². The minimum absolute atomic E-state index is 0.219. The molecule has 0 atom stereocenters. The minimum atomic E-state index is -0.224. The second-order valence-corrected chi connectivity index (χ2v) is 16.5. The standard InChI is InChI=1S/C56H28F2N2/c57-41-17-10-16-34-39-27-47(59-43-19-5-1-11-29(43)30-12-2-6-20-44(30)59)53-37-24-23-35-33-15-9-18-42(58)50(33)40-28-48(60-45-21-7-3-13-31(45)32-14-4-8-22-46(32)60)54(55(37)51(35)40)38-26-25-36(49(34)41)52(39)56(38)53/h1-28H. The molecule has 276 valence electrons. The van der Waals surface area contributed by atoms with Gasteiger partial charge in [0.1, 0.15) is 11.6 Å². The van der Waals surface area contributed by atoms with Crippen molar-refractivity contribution in [2.24, 2.45) is 0 Å². The van der Waals surface area contributed by atoms with Gasteiger partial charge >= 0.3 is 0 Å². The third-order valence-corrected chi connectivity index (χ3v) is 13.9. The molecule has 4 heteroatoms. The van der Waals surface area contributed by atoms with Crippen LogP contribution in [0.25, 0.3) is 143 Å². The summed E-state index contributed by atoms with van der Waals surface area (Å²) in [5.74, 6) is -0.443. The summed E-state index contributed by atoms with van der Waals surface area (Å²) in [5.41, 5.74) is 13.4. The molecular weight excluding hydrogens is 739 g/mol. The lowest BCUT2D eigenvalue weighted by Gasteiger charge is -2.23. The normalized spacial score (nSPS) is 12.8. The number of halogens is 2. The van der Waals surface area contributed by atoms with Crippen molar-refractivity contribution >= 4 is 86.7 Å². The summed E-state index contributed by atoms with van der Waals surface area (Å²) in [6.07, 6.45) is 0. The molecule has 2 aromatic heterocycles. The second-order valence-electron chi connectivity index (χ2n) is 16.5. The van der Waals surface area contributed by atoms with E-state index < -0.39 is 0 Å². The van der Waals surface area contributed by atoms with E-state index in [4.69, 9.17) is 0 Å². The summed E-state index contributed by atoms with van der Waals surface area (Å²) < 4.78 is 37.5. The van der Waals surface area contributed by atoms with Crippen LogP contribution in [0.5, 0.6) is 0 Å². The van der Waals surface area contributed by atoms with Crippen molar-refractivity contribution in [1.82, 2.24) is 9.13 Å². The lowest BCUT2D eigenvalue weighted by molar-refractivity contribution is 0.632. The van der Waals surface area contributed by atoms with Gasteiger partial charge in [0.05, 0.1) is 33.4 Å². The van der Waals surface area contributed by atoms with E-state index in [1.54, 1.807) is 12.1 Å². The van der Waals surface area contributed by atoms with E-state index in [0.29, 0.717) is 11.1 Å². The summed E-state index contributed by atoms with van der Waals surface area (Å²) >= 11 is 0. The lowest BCUT2D eigenvalue weighted by Crippen LogP contribution is -2.01. The summed E-state index contributed by atoms with van der Waals surface area (Å²) in [4.78, 5) is 0. The monoisotopic (exact) mass is 766 g/mol. The number of aromatic nitrogens is 2. The van der Waals surface area contributed by atoms with Gasteiger partial charge in [-0.2, -0.15) is 0 Å². The highest BCUT2D eigenvalue weighted by Gasteiger charge is 2.34. The third-order valence-electron chi connectivity index (χ3n) is 13.9. The quantitative estimate of drug-likeness (QED) is 0.122. The van der Waals surface area contributed by atoms with Crippen LogP contribution in [0.15, 0.2) is 170 Å². The average molecular weight is 767 g/mol. The molecule has 11 aromatic carbocycles. The van der Waals surface area contributed by atoms with Gasteiger partial charge in [0, 0.05) is 54.2 Å². The van der Waals surface area contributed by atoms with E-state index in [1.807, 2.05) is 12.1 Å². The Morgan fingerprint density at radius 1 is 0.267 bits per heavy atom. The van der Waals surface area contributed by atoms with Crippen molar-refractivity contribution < 1.29 is 8.78 Å². The van der Waals surface area contributed by atoms with E-state index >= 15 is 8.78 Å². The molecule has 2 nitrogen and oxygen atoms in total. The first kappa shape index (κ1) is 31.2. The summed E-state index contributed by atoms with van der Waals surface area (Å²) in [6.45, 7) is 0. The van der Waals surface area contributed by atoms with Crippen molar-refractivity contribution in [3.8, 4) is 55.9 Å². The van der Waals surface area contributed by atoms with Crippen LogP contribution in [-0.4, -0.2) is 9.13 Å². The van der Waals surface area contributed by atoms with Crippen LogP contribution in [-0.2, 0) is 0 Å². The zero-order chi connectivity index (χ0) is 39.1. The number of nitrogens with zero attached hydrogens (tertiary/aromatic N) is 2. The van der Waals surface area contributed by atoms with Gasteiger partial charge in [0.25, 0.3) is 0 Å². The predicted molar refractivity (Wildman–Crippen MR) is 245 cm³/mol. The van der Waals surface area contributed by atoms with Crippen molar-refractivity contribution in [2.75, 3.05) is 0 Å². The van der Waals surface area contributed by atoms with Gasteiger partial charge < -0.3 is 9.13 Å². The molecule has 0 fully saturated rings. The van der Waals surface area contributed by atoms with E-state index in [-0.39, 0.29) is 11.6 Å². The number of hydrogen-bond donors (Lipinski definition) is 0.